The fraction of sp³-hybridized carbons (Fsp3) is 0.276. The van der Waals surface area contributed by atoms with Gasteiger partial charge in [-0.2, -0.15) is 0 Å². The third-order valence-electron chi connectivity index (χ3n) is 7.16. The SMILES string of the molecule is [C-]#[N+]c1ccc(-c2cc3n(c2)Cc2cc(N4CCC(CC(C)(C)N)C4=O)ccc2-n2ccnc2-3)cc1. The van der Waals surface area contributed by atoms with Crippen molar-refractivity contribution in [1.82, 2.24) is 14.1 Å². The maximum Gasteiger partial charge on any atom is 0.230 e. The molecule has 0 spiro atoms. The van der Waals surface area contributed by atoms with Gasteiger partial charge in [0.25, 0.3) is 0 Å². The fourth-order valence-corrected chi connectivity index (χ4v) is 5.51. The molecule has 2 aromatic heterocycles. The summed E-state index contributed by atoms with van der Waals surface area (Å²) in [7, 11) is 0. The van der Waals surface area contributed by atoms with E-state index in [9.17, 15) is 4.79 Å². The second kappa shape index (κ2) is 8.21. The maximum absolute atomic E-state index is 13.2. The highest BCUT2D eigenvalue weighted by atomic mass is 16.2. The Kier molecular flexibility index (Phi) is 5.09. The fourth-order valence-electron chi connectivity index (χ4n) is 5.51. The first kappa shape index (κ1) is 22.3. The number of anilines is 1. The molecular weight excluding hydrogens is 448 g/mol. The van der Waals surface area contributed by atoms with E-state index < -0.39 is 0 Å². The lowest BCUT2D eigenvalue weighted by Crippen LogP contribution is -2.37. The minimum atomic E-state index is -0.360. The Morgan fingerprint density at radius 2 is 1.94 bits per heavy atom. The first-order valence-electron chi connectivity index (χ1n) is 12.3. The average molecular weight is 477 g/mol. The summed E-state index contributed by atoms with van der Waals surface area (Å²) in [6, 6.07) is 16.1. The van der Waals surface area contributed by atoms with Crippen LogP contribution in [0.1, 0.15) is 32.3 Å². The van der Waals surface area contributed by atoms with Crippen LogP contribution in [-0.2, 0) is 11.3 Å². The standard InChI is InChI=1S/C29H28N6O/c1-29(2,30)16-20-10-12-34(28(20)36)24-8-9-25-22(14-24)18-33-17-21(19-4-6-23(31-3)7-5-19)15-26(33)27-32-11-13-35(25)27/h4-9,11,13-15,17,20H,10,12,16,18,30H2,1-2H3. The van der Waals surface area contributed by atoms with Gasteiger partial charge in [0.1, 0.15) is 0 Å². The monoisotopic (exact) mass is 476 g/mol. The minimum absolute atomic E-state index is 0.0306. The van der Waals surface area contributed by atoms with E-state index in [0.29, 0.717) is 25.2 Å². The molecule has 1 saturated heterocycles. The predicted octanol–water partition coefficient (Wildman–Crippen LogP) is 5.40. The number of hydrogen-bond acceptors (Lipinski definition) is 3. The third-order valence-corrected chi connectivity index (χ3v) is 7.16. The summed E-state index contributed by atoms with van der Waals surface area (Å²) in [4.78, 5) is 23.3. The maximum atomic E-state index is 13.2. The first-order chi connectivity index (χ1) is 17.3. The van der Waals surface area contributed by atoms with Crippen molar-refractivity contribution in [3.63, 3.8) is 0 Å². The van der Waals surface area contributed by atoms with Crippen LogP contribution in [0.25, 0.3) is 33.2 Å². The average Bonchev–Trinajstić information content (AvgIpc) is 3.56. The Morgan fingerprint density at radius 3 is 2.69 bits per heavy atom. The largest absolute Gasteiger partial charge is 0.340 e. The lowest BCUT2D eigenvalue weighted by atomic mass is 9.90. The molecule has 4 heterocycles. The number of nitrogens with zero attached hydrogens (tertiary/aromatic N) is 5. The highest BCUT2D eigenvalue weighted by Crippen LogP contribution is 2.37. The lowest BCUT2D eigenvalue weighted by molar-refractivity contribution is -0.120. The van der Waals surface area contributed by atoms with E-state index in [1.165, 1.54) is 0 Å². The van der Waals surface area contributed by atoms with Gasteiger partial charge in [-0.3, -0.25) is 9.36 Å². The van der Waals surface area contributed by atoms with Crippen molar-refractivity contribution in [1.29, 1.82) is 0 Å². The number of rotatable bonds is 4. The van der Waals surface area contributed by atoms with Crippen molar-refractivity contribution in [2.24, 2.45) is 11.7 Å². The van der Waals surface area contributed by atoms with E-state index in [4.69, 9.17) is 12.3 Å². The Balaban J connectivity index is 1.37. The molecule has 4 aromatic rings. The van der Waals surface area contributed by atoms with Crippen LogP contribution in [-0.4, -0.2) is 32.1 Å². The molecule has 1 amide bonds. The molecule has 1 atom stereocenters. The third kappa shape index (κ3) is 3.80. The second-order valence-electron chi connectivity index (χ2n) is 10.5. The molecule has 7 heteroatoms. The van der Waals surface area contributed by atoms with Crippen LogP contribution in [0.2, 0.25) is 0 Å². The Hall–Kier alpha value is -4.15. The van der Waals surface area contributed by atoms with E-state index in [1.807, 2.05) is 61.5 Å². The van der Waals surface area contributed by atoms with Crippen LogP contribution in [0.4, 0.5) is 11.4 Å². The number of aromatic nitrogens is 3. The van der Waals surface area contributed by atoms with Crippen molar-refractivity contribution in [3.8, 4) is 28.3 Å². The molecule has 1 fully saturated rings. The van der Waals surface area contributed by atoms with Crippen molar-refractivity contribution in [3.05, 3.63) is 84.1 Å². The number of nitrogens with two attached hydrogens (primary N) is 1. The Labute approximate surface area is 210 Å². The molecule has 0 bridgehead atoms. The quantitative estimate of drug-likeness (QED) is 0.353. The van der Waals surface area contributed by atoms with Crippen LogP contribution in [0.15, 0.2) is 67.1 Å². The molecular formula is C29H28N6O. The van der Waals surface area contributed by atoms with Gasteiger partial charge in [-0.15, -0.1) is 0 Å². The molecule has 2 aliphatic heterocycles. The molecule has 7 nitrogen and oxygen atoms in total. The zero-order valence-electron chi connectivity index (χ0n) is 20.5. The molecule has 36 heavy (non-hydrogen) atoms. The second-order valence-corrected chi connectivity index (χ2v) is 10.5. The number of hydrogen-bond donors (Lipinski definition) is 1. The van der Waals surface area contributed by atoms with Gasteiger partial charge in [0, 0.05) is 54.4 Å². The molecule has 180 valence electrons. The molecule has 2 aliphatic rings. The molecule has 1 unspecified atom stereocenters. The van der Waals surface area contributed by atoms with Gasteiger partial charge < -0.3 is 15.2 Å². The normalized spacial score (nSPS) is 16.8. The van der Waals surface area contributed by atoms with Crippen LogP contribution < -0.4 is 10.6 Å². The van der Waals surface area contributed by atoms with Gasteiger partial charge >= 0.3 is 0 Å². The van der Waals surface area contributed by atoms with Crippen LogP contribution in [0.5, 0.6) is 0 Å². The van der Waals surface area contributed by atoms with Crippen LogP contribution in [0.3, 0.4) is 0 Å². The number of fused-ring (bicyclic) bond motifs is 5. The molecule has 0 aliphatic carbocycles. The highest BCUT2D eigenvalue weighted by molar-refractivity contribution is 5.97. The van der Waals surface area contributed by atoms with Gasteiger partial charge in [0.2, 0.25) is 5.91 Å². The summed E-state index contributed by atoms with van der Waals surface area (Å²) in [6.07, 6.45) is 7.48. The molecule has 2 aromatic carbocycles. The van der Waals surface area contributed by atoms with E-state index in [0.717, 1.165) is 46.0 Å². The van der Waals surface area contributed by atoms with E-state index >= 15 is 0 Å². The van der Waals surface area contributed by atoms with Gasteiger partial charge in [-0.25, -0.2) is 9.83 Å². The number of imidazole rings is 1. The summed E-state index contributed by atoms with van der Waals surface area (Å²) in [5, 5.41) is 0. The molecule has 0 radical (unpaired) electrons. The Morgan fingerprint density at radius 1 is 1.14 bits per heavy atom. The van der Waals surface area contributed by atoms with Crippen LogP contribution in [0, 0.1) is 12.5 Å². The minimum Gasteiger partial charge on any atom is -0.340 e. The van der Waals surface area contributed by atoms with Crippen LogP contribution >= 0.6 is 0 Å². The summed E-state index contributed by atoms with van der Waals surface area (Å²) in [5.74, 6) is 1.02. The molecule has 2 N–H and O–H groups in total. The Bertz CT molecular complexity index is 1510. The van der Waals surface area contributed by atoms with E-state index in [1.54, 1.807) is 0 Å². The summed E-state index contributed by atoms with van der Waals surface area (Å²) in [6.45, 7) is 12.6. The topological polar surface area (TPSA) is 73.4 Å². The van der Waals surface area contributed by atoms with Gasteiger partial charge in [-0.1, -0.05) is 24.3 Å². The first-order valence-corrected chi connectivity index (χ1v) is 12.3. The van der Waals surface area contributed by atoms with E-state index in [-0.39, 0.29) is 17.4 Å². The number of benzene rings is 2. The number of carbonyl (C=O) groups is 1. The zero-order chi connectivity index (χ0) is 25.0. The summed E-state index contributed by atoms with van der Waals surface area (Å²) in [5.41, 5.74) is 12.8. The van der Waals surface area contributed by atoms with Gasteiger partial charge in [-0.05, 0) is 62.1 Å². The highest BCUT2D eigenvalue weighted by Gasteiger charge is 2.35. The van der Waals surface area contributed by atoms with Gasteiger partial charge in [0.15, 0.2) is 11.5 Å². The van der Waals surface area contributed by atoms with Crippen molar-refractivity contribution < 1.29 is 4.79 Å². The summed E-state index contributed by atoms with van der Waals surface area (Å²) >= 11 is 0. The lowest BCUT2D eigenvalue weighted by Gasteiger charge is -2.23. The van der Waals surface area contributed by atoms with E-state index in [2.05, 4.69) is 43.4 Å². The zero-order valence-corrected chi connectivity index (χ0v) is 20.5. The van der Waals surface area contributed by atoms with Crippen molar-refractivity contribution >= 4 is 17.3 Å². The molecule has 0 saturated carbocycles. The smallest absolute Gasteiger partial charge is 0.230 e. The summed E-state index contributed by atoms with van der Waals surface area (Å²) < 4.78 is 4.34. The van der Waals surface area contributed by atoms with Crippen molar-refractivity contribution in [2.75, 3.05) is 11.4 Å². The predicted molar refractivity (Wildman–Crippen MR) is 141 cm³/mol. The van der Waals surface area contributed by atoms with Gasteiger partial charge in [0.05, 0.1) is 18.0 Å². The number of carbonyl (C=O) groups excluding carboxylic acids is 1. The van der Waals surface area contributed by atoms with Crippen molar-refractivity contribution in [2.45, 2.75) is 38.8 Å². The molecule has 6 rings (SSSR count). The number of amides is 1.